The molecule has 1 aromatic heterocycles. The Morgan fingerprint density at radius 1 is 0.407 bits per heavy atom. The van der Waals surface area contributed by atoms with Gasteiger partial charge in [0.2, 0.25) is 0 Å². The summed E-state index contributed by atoms with van der Waals surface area (Å²) in [6.07, 6.45) is 9.83. The maximum Gasteiger partial charge on any atom is 0.0468 e. The summed E-state index contributed by atoms with van der Waals surface area (Å²) in [7, 11) is -2.28. The smallest absolute Gasteiger partial charge is 0.0468 e. The molecule has 8 aromatic carbocycles. The van der Waals surface area contributed by atoms with Crippen molar-refractivity contribution in [3.05, 3.63) is 164 Å². The van der Waals surface area contributed by atoms with Crippen molar-refractivity contribution in [3.8, 4) is 33.4 Å². The maximum atomic E-state index is 2.50. The molecule has 11 rings (SSSR count). The molecular weight excluding hydrogens is 711 g/mol. The van der Waals surface area contributed by atoms with E-state index in [9.17, 15) is 0 Å². The topological polar surface area (TPSA) is 3.24 Å². The molecule has 0 bridgehead atoms. The number of nitrogens with zero attached hydrogens (tertiary/aromatic N) is 1. The molecule has 4 heteroatoms. The van der Waals surface area contributed by atoms with Crippen molar-refractivity contribution in [1.82, 2.24) is 0 Å². The van der Waals surface area contributed by atoms with E-state index in [1.54, 1.807) is 0 Å². The van der Waals surface area contributed by atoms with Gasteiger partial charge in [-0.05, 0) is 142 Å². The Bertz CT molecular complexity index is 3000. The summed E-state index contributed by atoms with van der Waals surface area (Å²) in [6, 6.07) is 61.9. The van der Waals surface area contributed by atoms with E-state index in [1.165, 1.54) is 95.3 Å². The highest BCUT2D eigenvalue weighted by Crippen LogP contribution is 2.70. The van der Waals surface area contributed by atoms with E-state index in [0.717, 1.165) is 5.69 Å². The Morgan fingerprint density at radius 2 is 1.00 bits per heavy atom. The van der Waals surface area contributed by atoms with E-state index < -0.39 is 20.1 Å². The quantitative estimate of drug-likeness (QED) is 0.173. The van der Waals surface area contributed by atoms with Crippen LogP contribution >= 0.6 is 31.4 Å². The Morgan fingerprint density at radius 3 is 1.81 bits per heavy atom. The fourth-order valence-corrected chi connectivity index (χ4v) is 15.2. The number of fused-ring (bicyclic) bond motifs is 11. The van der Waals surface area contributed by atoms with Crippen LogP contribution in [0.2, 0.25) is 0 Å². The van der Waals surface area contributed by atoms with Gasteiger partial charge in [-0.3, -0.25) is 0 Å². The molecule has 2 aliphatic rings. The highest BCUT2D eigenvalue weighted by molar-refractivity contribution is 8.33. The molecule has 0 spiro atoms. The Labute approximate surface area is 324 Å². The van der Waals surface area contributed by atoms with Crippen molar-refractivity contribution in [2.45, 2.75) is 19.6 Å². The van der Waals surface area contributed by atoms with Gasteiger partial charge >= 0.3 is 0 Å². The van der Waals surface area contributed by atoms with Crippen LogP contribution in [0.15, 0.2) is 183 Å². The van der Waals surface area contributed by atoms with E-state index in [4.69, 9.17) is 0 Å². The molecule has 0 unspecified atom stereocenters. The summed E-state index contributed by atoms with van der Waals surface area (Å²) in [5.41, 5.74) is 11.5. The van der Waals surface area contributed by atoms with Crippen molar-refractivity contribution in [3.63, 3.8) is 0 Å². The molecule has 0 saturated heterocycles. The molecule has 0 radical (unpaired) electrons. The third-order valence-corrected chi connectivity index (χ3v) is 18.7. The van der Waals surface area contributed by atoms with E-state index in [2.05, 4.69) is 194 Å². The summed E-state index contributed by atoms with van der Waals surface area (Å²) >= 11 is 1.91. The number of hydrogen-bond donors (Lipinski definition) is 0. The van der Waals surface area contributed by atoms with Crippen molar-refractivity contribution >= 4 is 79.4 Å². The zero-order valence-corrected chi connectivity index (χ0v) is 33.2. The van der Waals surface area contributed by atoms with Gasteiger partial charge in [-0.1, -0.05) is 84.9 Å². The van der Waals surface area contributed by atoms with E-state index in [-0.39, 0.29) is 0 Å². The number of hydrogen-bond acceptors (Lipinski definition) is 2. The fourth-order valence-electron chi connectivity index (χ4n) is 9.09. The minimum Gasteiger partial charge on any atom is -0.310 e. The second-order valence-electron chi connectivity index (χ2n) is 15.4. The molecule has 2 aliphatic heterocycles. The Balaban J connectivity index is 1.11. The lowest BCUT2D eigenvalue weighted by Gasteiger charge is -2.30. The summed E-state index contributed by atoms with van der Waals surface area (Å²) in [5.74, 6) is 0. The highest BCUT2D eigenvalue weighted by Gasteiger charge is 2.35. The molecular formula is C50H39NS3. The first-order valence-corrected chi connectivity index (χ1v) is 24.2. The second-order valence-corrected chi connectivity index (χ2v) is 23.5. The minimum atomic E-state index is -1.19. The van der Waals surface area contributed by atoms with Gasteiger partial charge < -0.3 is 4.90 Å². The first-order chi connectivity index (χ1) is 26.3. The van der Waals surface area contributed by atoms with Crippen molar-refractivity contribution in [1.29, 1.82) is 0 Å². The standard InChI is InChI=1S/C50H39NS3/c1-53(2)45-16-10-8-13-39(45)41-30-37(23-26-46(41)53)51(36-21-19-33(20-22-36)35-18-17-32-11-5-6-12-34(32)29-35)38-24-27-47-42(31-38)50-48(54(47,3)4)28-25-44-49(50)40-14-7-9-15-43(40)52-44/h5-31H,1-4H3. The van der Waals surface area contributed by atoms with E-state index >= 15 is 0 Å². The molecule has 262 valence electrons. The van der Waals surface area contributed by atoms with Crippen molar-refractivity contribution < 1.29 is 0 Å². The molecule has 0 saturated carbocycles. The van der Waals surface area contributed by atoms with Crippen LogP contribution in [0.3, 0.4) is 0 Å². The van der Waals surface area contributed by atoms with Crippen LogP contribution in [0.25, 0.3) is 64.3 Å². The lowest BCUT2D eigenvalue weighted by Crippen LogP contribution is -2.10. The van der Waals surface area contributed by atoms with Crippen LogP contribution in [0, 0.1) is 0 Å². The largest absolute Gasteiger partial charge is 0.310 e. The maximum absolute atomic E-state index is 2.50. The van der Waals surface area contributed by atoms with E-state index in [0.29, 0.717) is 0 Å². The Hall–Kier alpha value is -5.26. The first kappa shape index (κ1) is 32.2. The average Bonchev–Trinajstić information content (AvgIpc) is 3.77. The molecule has 54 heavy (non-hydrogen) atoms. The molecule has 0 amide bonds. The second kappa shape index (κ2) is 11.6. The van der Waals surface area contributed by atoms with Crippen LogP contribution in [0.5, 0.6) is 0 Å². The summed E-state index contributed by atoms with van der Waals surface area (Å²) in [6.45, 7) is 0. The third-order valence-electron chi connectivity index (χ3n) is 11.8. The third kappa shape index (κ3) is 4.60. The molecule has 0 aliphatic carbocycles. The van der Waals surface area contributed by atoms with Crippen molar-refractivity contribution in [2.75, 3.05) is 29.9 Å². The van der Waals surface area contributed by atoms with Crippen LogP contribution in [0.1, 0.15) is 0 Å². The lowest BCUT2D eigenvalue weighted by molar-refractivity contribution is 1.26. The number of benzene rings is 8. The zero-order valence-electron chi connectivity index (χ0n) is 30.8. The normalized spacial score (nSPS) is 15.8. The number of thiophene rings is 1. The van der Waals surface area contributed by atoms with Crippen LogP contribution in [-0.2, 0) is 0 Å². The van der Waals surface area contributed by atoms with Crippen molar-refractivity contribution in [2.24, 2.45) is 0 Å². The lowest BCUT2D eigenvalue weighted by atomic mass is 9.98. The van der Waals surface area contributed by atoms with Crippen LogP contribution in [0.4, 0.5) is 17.1 Å². The molecule has 9 aromatic rings. The minimum absolute atomic E-state index is 1.09. The van der Waals surface area contributed by atoms with Gasteiger partial charge in [0.1, 0.15) is 0 Å². The summed E-state index contributed by atoms with van der Waals surface area (Å²) < 4.78 is 2.72. The molecule has 0 N–H and O–H groups in total. The number of anilines is 3. The summed E-state index contributed by atoms with van der Waals surface area (Å²) in [5, 5.41) is 5.31. The van der Waals surface area contributed by atoms with Gasteiger partial charge in [0.25, 0.3) is 0 Å². The van der Waals surface area contributed by atoms with E-state index in [1.807, 2.05) is 11.3 Å². The van der Waals surface area contributed by atoms with Crippen LogP contribution < -0.4 is 4.90 Å². The average molecular weight is 750 g/mol. The molecule has 0 fully saturated rings. The van der Waals surface area contributed by atoms with Gasteiger partial charge in [-0.2, -0.15) is 20.1 Å². The highest BCUT2D eigenvalue weighted by atomic mass is 32.3. The van der Waals surface area contributed by atoms with Gasteiger partial charge in [-0.15, -0.1) is 11.3 Å². The molecule has 0 atom stereocenters. The predicted molar refractivity (Wildman–Crippen MR) is 240 cm³/mol. The predicted octanol–water partition coefficient (Wildman–Crippen LogP) is 15.3. The van der Waals surface area contributed by atoms with Gasteiger partial charge in [-0.25, -0.2) is 0 Å². The SMILES string of the molecule is CS1(C)c2ccccc2-c2cc(N(c3ccc(-c4ccc5ccccc5c4)cc3)c3ccc4c(c3)-c3c(ccc5sc6ccccc6c35)S4(C)C)ccc21. The van der Waals surface area contributed by atoms with Gasteiger partial charge in [0.05, 0.1) is 0 Å². The molecule has 1 nitrogen and oxygen atoms in total. The fraction of sp³-hybridized carbons (Fsp3) is 0.0800. The van der Waals surface area contributed by atoms with Gasteiger partial charge in [0, 0.05) is 62.4 Å². The zero-order chi connectivity index (χ0) is 36.3. The van der Waals surface area contributed by atoms with Gasteiger partial charge in [0.15, 0.2) is 0 Å². The molecule has 3 heterocycles. The monoisotopic (exact) mass is 749 g/mol. The van der Waals surface area contributed by atoms with Crippen LogP contribution in [-0.4, -0.2) is 25.0 Å². The first-order valence-electron chi connectivity index (χ1n) is 18.5. The number of rotatable bonds is 4. The summed E-state index contributed by atoms with van der Waals surface area (Å²) in [4.78, 5) is 8.41. The Kier molecular flexibility index (Phi) is 6.93.